The summed E-state index contributed by atoms with van der Waals surface area (Å²) in [5.41, 5.74) is 3.57. The third kappa shape index (κ3) is 3.89. The summed E-state index contributed by atoms with van der Waals surface area (Å²) in [6.07, 6.45) is 3.36. The van der Waals surface area contributed by atoms with Gasteiger partial charge in [-0.1, -0.05) is 35.5 Å². The minimum absolute atomic E-state index is 0.195. The number of rotatable bonds is 6. The van der Waals surface area contributed by atoms with Crippen LogP contribution < -0.4 is 4.74 Å². The summed E-state index contributed by atoms with van der Waals surface area (Å²) in [6.45, 7) is 0.332. The van der Waals surface area contributed by atoms with Crippen LogP contribution in [0.4, 0.5) is 0 Å². The Hall–Kier alpha value is -3.87. The van der Waals surface area contributed by atoms with E-state index in [0.717, 1.165) is 22.6 Å². The normalized spacial score (nSPS) is 10.7. The summed E-state index contributed by atoms with van der Waals surface area (Å²) in [4.78, 5) is 14.8. The molecule has 4 rings (SSSR count). The van der Waals surface area contributed by atoms with Crippen molar-refractivity contribution in [2.75, 3.05) is 14.2 Å². The van der Waals surface area contributed by atoms with Crippen molar-refractivity contribution < 1.29 is 14.1 Å². The van der Waals surface area contributed by atoms with E-state index in [1.165, 1.54) is 6.26 Å². The van der Waals surface area contributed by atoms with Gasteiger partial charge in [-0.05, 0) is 29.8 Å². The number of methoxy groups -OCH3 is 1. The van der Waals surface area contributed by atoms with Gasteiger partial charge in [-0.2, -0.15) is 5.10 Å². The third-order valence-electron chi connectivity index (χ3n) is 4.58. The Balaban J connectivity index is 1.72. The molecule has 4 aromatic rings. The first kappa shape index (κ1) is 18.5. The van der Waals surface area contributed by atoms with Crippen LogP contribution in [0.25, 0.3) is 16.8 Å². The molecule has 0 aliphatic heterocycles. The monoisotopic (exact) mass is 388 g/mol. The maximum absolute atomic E-state index is 13.2. The third-order valence-corrected chi connectivity index (χ3v) is 4.58. The van der Waals surface area contributed by atoms with E-state index in [1.54, 1.807) is 29.8 Å². The smallest absolute Gasteiger partial charge is 0.275 e. The minimum Gasteiger partial charge on any atom is -0.497 e. The average molecular weight is 388 g/mol. The van der Waals surface area contributed by atoms with Gasteiger partial charge in [0.15, 0.2) is 5.69 Å². The number of carbonyl (C=O) groups excluding carboxylic acids is 1. The van der Waals surface area contributed by atoms with Gasteiger partial charge >= 0.3 is 0 Å². The fourth-order valence-corrected chi connectivity index (χ4v) is 3.04. The number of ether oxygens (including phenoxy) is 1. The lowest BCUT2D eigenvalue weighted by Crippen LogP contribution is -2.27. The fraction of sp³-hybridized carbons (Fsp3) is 0.136. The van der Waals surface area contributed by atoms with Gasteiger partial charge in [0.2, 0.25) is 0 Å². The van der Waals surface area contributed by atoms with Crippen LogP contribution in [-0.2, 0) is 6.54 Å². The van der Waals surface area contributed by atoms with E-state index in [9.17, 15) is 4.79 Å². The molecule has 0 atom stereocenters. The van der Waals surface area contributed by atoms with Crippen molar-refractivity contribution in [3.8, 4) is 22.6 Å². The zero-order valence-corrected chi connectivity index (χ0v) is 16.1. The summed E-state index contributed by atoms with van der Waals surface area (Å²) in [6, 6.07) is 19.0. The van der Waals surface area contributed by atoms with E-state index < -0.39 is 0 Å². The molecule has 2 aromatic heterocycles. The van der Waals surface area contributed by atoms with Crippen LogP contribution in [0.1, 0.15) is 16.2 Å². The maximum atomic E-state index is 13.2. The molecule has 0 radical (unpaired) electrons. The lowest BCUT2D eigenvalue weighted by molar-refractivity contribution is 0.0776. The average Bonchev–Trinajstić information content (AvgIpc) is 3.44. The predicted octanol–water partition coefficient (Wildman–Crippen LogP) is 3.81. The highest BCUT2D eigenvalue weighted by Gasteiger charge is 2.22. The molecule has 0 aliphatic carbocycles. The van der Waals surface area contributed by atoms with Crippen molar-refractivity contribution in [3.05, 3.63) is 84.5 Å². The molecule has 29 heavy (non-hydrogen) atoms. The molecule has 146 valence electrons. The molecule has 0 saturated carbocycles. The molecule has 7 heteroatoms. The van der Waals surface area contributed by atoms with Crippen LogP contribution in [0.15, 0.2) is 77.6 Å². The van der Waals surface area contributed by atoms with Gasteiger partial charge in [0, 0.05) is 24.9 Å². The second-order valence-electron chi connectivity index (χ2n) is 6.55. The summed E-state index contributed by atoms with van der Waals surface area (Å²) in [7, 11) is 3.34. The summed E-state index contributed by atoms with van der Waals surface area (Å²) < 4.78 is 11.8. The van der Waals surface area contributed by atoms with E-state index in [2.05, 4.69) is 10.3 Å². The summed E-state index contributed by atoms with van der Waals surface area (Å²) in [5, 5.41) is 8.48. The molecule has 2 heterocycles. The molecule has 0 spiro atoms. The quantitative estimate of drug-likeness (QED) is 0.502. The molecule has 1 amide bonds. The number of hydrogen-bond acceptors (Lipinski definition) is 5. The van der Waals surface area contributed by atoms with E-state index in [0.29, 0.717) is 17.9 Å². The molecular weight excluding hydrogens is 368 g/mol. The van der Waals surface area contributed by atoms with Gasteiger partial charge in [0.05, 0.1) is 19.3 Å². The van der Waals surface area contributed by atoms with E-state index in [1.807, 2.05) is 60.8 Å². The Morgan fingerprint density at radius 1 is 1.10 bits per heavy atom. The van der Waals surface area contributed by atoms with E-state index in [-0.39, 0.29) is 5.91 Å². The number of amides is 1. The maximum Gasteiger partial charge on any atom is 0.275 e. The van der Waals surface area contributed by atoms with Crippen molar-refractivity contribution in [1.82, 2.24) is 19.8 Å². The second kappa shape index (κ2) is 8.02. The molecule has 0 N–H and O–H groups in total. The van der Waals surface area contributed by atoms with Gasteiger partial charge in [0.1, 0.15) is 17.7 Å². The number of benzene rings is 2. The Morgan fingerprint density at radius 2 is 1.86 bits per heavy atom. The molecule has 0 fully saturated rings. The standard InChI is InChI=1S/C22H20N4O3/c1-25(14-17-12-13-29-24-17)22(27)21-20(16-6-4-3-5-7-16)15-26(23-21)18-8-10-19(28-2)11-9-18/h3-13,15H,14H2,1-2H3. The molecule has 0 unspecified atom stereocenters. The molecule has 0 saturated heterocycles. The van der Waals surface area contributed by atoms with Gasteiger partial charge < -0.3 is 14.2 Å². The lowest BCUT2D eigenvalue weighted by atomic mass is 10.1. The van der Waals surface area contributed by atoms with Crippen LogP contribution in [-0.4, -0.2) is 39.9 Å². The topological polar surface area (TPSA) is 73.4 Å². The van der Waals surface area contributed by atoms with Gasteiger partial charge in [-0.15, -0.1) is 0 Å². The highest BCUT2D eigenvalue weighted by atomic mass is 16.5. The largest absolute Gasteiger partial charge is 0.497 e. The van der Waals surface area contributed by atoms with E-state index in [4.69, 9.17) is 9.26 Å². The van der Waals surface area contributed by atoms with Crippen LogP contribution in [0.3, 0.4) is 0 Å². The number of carbonyl (C=O) groups is 1. The van der Waals surface area contributed by atoms with Gasteiger partial charge in [-0.3, -0.25) is 4.79 Å². The predicted molar refractivity (Wildman–Crippen MR) is 108 cm³/mol. The van der Waals surface area contributed by atoms with Gasteiger partial charge in [-0.25, -0.2) is 4.68 Å². The van der Waals surface area contributed by atoms with Crippen LogP contribution >= 0.6 is 0 Å². The minimum atomic E-state index is -0.195. The highest BCUT2D eigenvalue weighted by Crippen LogP contribution is 2.26. The molecule has 7 nitrogen and oxygen atoms in total. The molecule has 0 bridgehead atoms. The van der Waals surface area contributed by atoms with Crippen LogP contribution in [0.5, 0.6) is 5.75 Å². The highest BCUT2D eigenvalue weighted by molar-refractivity contribution is 5.98. The number of hydrogen-bond donors (Lipinski definition) is 0. The first-order valence-electron chi connectivity index (χ1n) is 9.10. The fourth-order valence-electron chi connectivity index (χ4n) is 3.04. The Kier molecular flexibility index (Phi) is 5.11. The Morgan fingerprint density at radius 3 is 2.52 bits per heavy atom. The second-order valence-corrected chi connectivity index (χ2v) is 6.55. The van der Waals surface area contributed by atoms with E-state index >= 15 is 0 Å². The van der Waals surface area contributed by atoms with Crippen molar-refractivity contribution in [2.45, 2.75) is 6.54 Å². The number of nitrogens with zero attached hydrogens (tertiary/aromatic N) is 4. The molecular formula is C22H20N4O3. The summed E-state index contributed by atoms with van der Waals surface area (Å²) in [5.74, 6) is 0.562. The first-order chi connectivity index (χ1) is 14.2. The Labute approximate surface area is 168 Å². The van der Waals surface area contributed by atoms with Crippen LogP contribution in [0, 0.1) is 0 Å². The lowest BCUT2D eigenvalue weighted by Gasteiger charge is -2.15. The molecule has 2 aromatic carbocycles. The van der Waals surface area contributed by atoms with Crippen molar-refractivity contribution >= 4 is 5.91 Å². The van der Waals surface area contributed by atoms with Crippen molar-refractivity contribution in [2.24, 2.45) is 0 Å². The number of aromatic nitrogens is 3. The zero-order chi connectivity index (χ0) is 20.2. The zero-order valence-electron chi connectivity index (χ0n) is 16.1. The van der Waals surface area contributed by atoms with Crippen molar-refractivity contribution in [1.29, 1.82) is 0 Å². The molecule has 0 aliphatic rings. The van der Waals surface area contributed by atoms with Crippen molar-refractivity contribution in [3.63, 3.8) is 0 Å². The van der Waals surface area contributed by atoms with Crippen LogP contribution in [0.2, 0.25) is 0 Å². The SMILES string of the molecule is COc1ccc(-n2cc(-c3ccccc3)c(C(=O)N(C)Cc3ccon3)n2)cc1. The first-order valence-corrected chi connectivity index (χ1v) is 9.10. The Bertz CT molecular complexity index is 1090. The van der Waals surface area contributed by atoms with Gasteiger partial charge in [0.25, 0.3) is 5.91 Å². The summed E-state index contributed by atoms with van der Waals surface area (Å²) >= 11 is 0.